The van der Waals surface area contributed by atoms with Gasteiger partial charge in [-0.15, -0.1) is 0 Å². The van der Waals surface area contributed by atoms with E-state index in [0.717, 1.165) is 15.7 Å². The molecule has 1 heterocycles. The first-order chi connectivity index (χ1) is 13.0. The maximum absolute atomic E-state index is 13.1. The Bertz CT molecular complexity index is 737. The zero-order chi connectivity index (χ0) is 21.1. The maximum Gasteiger partial charge on any atom is 0.415 e. The molecular weight excluding hydrogens is 422 g/mol. The van der Waals surface area contributed by atoms with E-state index in [1.165, 1.54) is 5.57 Å². The highest BCUT2D eigenvalue weighted by atomic mass is 79.9. The summed E-state index contributed by atoms with van der Waals surface area (Å²) in [5.41, 5.74) is 1.16. The van der Waals surface area contributed by atoms with E-state index in [0.29, 0.717) is 19.3 Å². The molecule has 0 aliphatic carbocycles. The van der Waals surface area contributed by atoms with E-state index in [-0.39, 0.29) is 6.61 Å². The summed E-state index contributed by atoms with van der Waals surface area (Å²) in [6, 6.07) is 5.33. The van der Waals surface area contributed by atoms with Crippen LogP contribution in [0.2, 0.25) is 0 Å². The molecule has 0 saturated heterocycles. The number of aliphatic hydroxyl groups is 1. The minimum atomic E-state index is -1.19. The standard InChI is InChI=1S/C22H32BrNO4/c1-15(2)8-7-11-22(26,14-27-6)19-13-16-12-17(23)9-10-18(16)24(19)20(25)28-21(3,4)5/h8-10,12,19,26H,7,11,13-14H2,1-6H3/t19-,22-/m0/s1. The number of ether oxygens (including phenoxy) is 2. The first-order valence-electron chi connectivity index (χ1n) is 9.62. The van der Waals surface area contributed by atoms with Gasteiger partial charge in [0.05, 0.1) is 18.3 Å². The molecule has 0 unspecified atom stereocenters. The Morgan fingerprint density at radius 1 is 1.36 bits per heavy atom. The monoisotopic (exact) mass is 453 g/mol. The van der Waals surface area contributed by atoms with Crippen LogP contribution < -0.4 is 4.90 Å². The van der Waals surface area contributed by atoms with Crippen LogP contribution in [0.5, 0.6) is 0 Å². The quantitative estimate of drug-likeness (QED) is 0.598. The number of rotatable bonds is 6. The number of carbonyl (C=O) groups excluding carboxylic acids is 1. The average molecular weight is 454 g/mol. The van der Waals surface area contributed by atoms with Crippen molar-refractivity contribution in [3.63, 3.8) is 0 Å². The van der Waals surface area contributed by atoms with Crippen LogP contribution in [-0.2, 0) is 15.9 Å². The van der Waals surface area contributed by atoms with Crippen LogP contribution in [-0.4, -0.2) is 42.2 Å². The summed E-state index contributed by atoms with van der Waals surface area (Å²) in [7, 11) is 1.57. The topological polar surface area (TPSA) is 59.0 Å². The van der Waals surface area contributed by atoms with E-state index < -0.39 is 23.3 Å². The lowest BCUT2D eigenvalue weighted by atomic mass is 9.87. The highest BCUT2D eigenvalue weighted by molar-refractivity contribution is 9.10. The number of hydrogen-bond acceptors (Lipinski definition) is 4. The second-order valence-corrected chi connectivity index (χ2v) is 9.62. The van der Waals surface area contributed by atoms with Gasteiger partial charge in [-0.25, -0.2) is 4.79 Å². The molecule has 2 rings (SSSR count). The van der Waals surface area contributed by atoms with Crippen LogP contribution in [0, 0.1) is 0 Å². The number of anilines is 1. The summed E-state index contributed by atoms with van der Waals surface area (Å²) in [5.74, 6) is 0. The molecule has 0 fully saturated rings. The van der Waals surface area contributed by atoms with Crippen LogP contribution >= 0.6 is 15.9 Å². The Morgan fingerprint density at radius 3 is 2.61 bits per heavy atom. The minimum absolute atomic E-state index is 0.142. The van der Waals surface area contributed by atoms with E-state index in [2.05, 4.69) is 22.0 Å². The predicted octanol–water partition coefficient (Wildman–Crippen LogP) is 5.24. The van der Waals surface area contributed by atoms with Gasteiger partial charge in [0, 0.05) is 11.6 Å². The Balaban J connectivity index is 2.42. The van der Waals surface area contributed by atoms with Crippen LogP contribution in [0.25, 0.3) is 0 Å². The van der Waals surface area contributed by atoms with E-state index in [9.17, 15) is 9.90 Å². The molecule has 2 atom stereocenters. The molecule has 0 radical (unpaired) electrons. The van der Waals surface area contributed by atoms with Gasteiger partial charge in [0.25, 0.3) is 0 Å². The van der Waals surface area contributed by atoms with Crippen molar-refractivity contribution in [3.05, 3.63) is 39.9 Å². The fraction of sp³-hybridized carbons (Fsp3) is 0.591. The smallest absolute Gasteiger partial charge is 0.415 e. The lowest BCUT2D eigenvalue weighted by Crippen LogP contribution is -2.57. The van der Waals surface area contributed by atoms with Crippen molar-refractivity contribution in [2.75, 3.05) is 18.6 Å². The lowest BCUT2D eigenvalue weighted by molar-refractivity contribution is -0.0555. The largest absolute Gasteiger partial charge is 0.443 e. The molecule has 0 aromatic heterocycles. The molecule has 0 spiro atoms. The van der Waals surface area contributed by atoms with E-state index in [4.69, 9.17) is 9.47 Å². The third kappa shape index (κ3) is 5.58. The number of allylic oxidation sites excluding steroid dienone is 2. The number of nitrogens with zero attached hydrogens (tertiary/aromatic N) is 1. The zero-order valence-electron chi connectivity index (χ0n) is 17.7. The van der Waals surface area contributed by atoms with Crippen molar-refractivity contribution in [2.45, 2.75) is 71.1 Å². The number of halogens is 1. The van der Waals surface area contributed by atoms with Crippen LogP contribution in [0.1, 0.15) is 53.0 Å². The van der Waals surface area contributed by atoms with Crippen LogP contribution in [0.3, 0.4) is 0 Å². The SMILES string of the molecule is COC[C@@](O)(CCC=C(C)C)[C@@H]1Cc2cc(Br)ccc2N1C(=O)OC(C)(C)C. The predicted molar refractivity (Wildman–Crippen MR) is 116 cm³/mol. The Morgan fingerprint density at radius 2 is 2.04 bits per heavy atom. The molecule has 1 aromatic rings. The average Bonchev–Trinajstić information content (AvgIpc) is 2.92. The van der Waals surface area contributed by atoms with Gasteiger partial charge in [-0.05, 0) is 77.6 Å². The lowest BCUT2D eigenvalue weighted by Gasteiger charge is -2.39. The summed E-state index contributed by atoms with van der Waals surface area (Å²) in [6.45, 7) is 9.73. The molecule has 1 aliphatic heterocycles. The van der Waals surface area contributed by atoms with Crippen LogP contribution in [0.4, 0.5) is 10.5 Å². The zero-order valence-corrected chi connectivity index (χ0v) is 19.3. The van der Waals surface area contributed by atoms with Crippen molar-refractivity contribution in [1.82, 2.24) is 0 Å². The summed E-state index contributed by atoms with van der Waals surface area (Å²) < 4.78 is 12.0. The Hall–Kier alpha value is -1.37. The molecule has 6 heteroatoms. The molecule has 1 N–H and O–H groups in total. The van der Waals surface area contributed by atoms with E-state index >= 15 is 0 Å². The second-order valence-electron chi connectivity index (χ2n) is 8.70. The minimum Gasteiger partial charge on any atom is -0.443 e. The molecule has 0 saturated carbocycles. The molecule has 0 bridgehead atoms. The molecule has 1 amide bonds. The second kappa shape index (κ2) is 8.97. The summed E-state index contributed by atoms with van der Waals surface area (Å²) in [4.78, 5) is 14.7. The first kappa shape index (κ1) is 22.9. The van der Waals surface area contributed by atoms with Gasteiger partial charge in [-0.1, -0.05) is 27.6 Å². The Kier molecular flexibility index (Phi) is 7.34. The van der Waals surface area contributed by atoms with Crippen molar-refractivity contribution < 1.29 is 19.4 Å². The van der Waals surface area contributed by atoms with Crippen molar-refractivity contribution in [3.8, 4) is 0 Å². The molecular formula is C22H32BrNO4. The number of fused-ring (bicyclic) bond motifs is 1. The number of carbonyl (C=O) groups is 1. The third-order valence-corrected chi connectivity index (χ3v) is 5.25. The van der Waals surface area contributed by atoms with Gasteiger partial charge in [-0.3, -0.25) is 4.90 Å². The van der Waals surface area contributed by atoms with Crippen molar-refractivity contribution >= 4 is 27.7 Å². The summed E-state index contributed by atoms with van der Waals surface area (Å²) in [5, 5.41) is 11.6. The fourth-order valence-corrected chi connectivity index (χ4v) is 3.99. The van der Waals surface area contributed by atoms with Crippen LogP contribution in [0.15, 0.2) is 34.3 Å². The number of benzene rings is 1. The molecule has 1 aliphatic rings. The molecule has 5 nitrogen and oxygen atoms in total. The normalized spacial score (nSPS) is 18.4. The third-order valence-electron chi connectivity index (χ3n) is 4.76. The molecule has 28 heavy (non-hydrogen) atoms. The number of hydrogen-bond donors (Lipinski definition) is 1. The number of amides is 1. The highest BCUT2D eigenvalue weighted by Gasteiger charge is 2.48. The Labute approximate surface area is 176 Å². The molecule has 1 aromatic carbocycles. The maximum atomic E-state index is 13.1. The van der Waals surface area contributed by atoms with E-state index in [1.807, 2.05) is 52.8 Å². The first-order valence-corrected chi connectivity index (χ1v) is 10.4. The number of methoxy groups -OCH3 is 1. The van der Waals surface area contributed by atoms with Crippen molar-refractivity contribution in [2.24, 2.45) is 0 Å². The summed E-state index contributed by atoms with van der Waals surface area (Å²) in [6.07, 6.45) is 3.39. The fourth-order valence-electron chi connectivity index (χ4n) is 3.58. The van der Waals surface area contributed by atoms with E-state index in [1.54, 1.807) is 12.0 Å². The van der Waals surface area contributed by atoms with Gasteiger partial charge >= 0.3 is 6.09 Å². The van der Waals surface area contributed by atoms with Gasteiger partial charge in [0.2, 0.25) is 0 Å². The van der Waals surface area contributed by atoms with Gasteiger partial charge in [-0.2, -0.15) is 0 Å². The molecule has 156 valence electrons. The summed E-state index contributed by atoms with van der Waals surface area (Å²) >= 11 is 3.50. The van der Waals surface area contributed by atoms with Gasteiger partial charge in [0.15, 0.2) is 0 Å². The van der Waals surface area contributed by atoms with Gasteiger partial charge < -0.3 is 14.6 Å². The van der Waals surface area contributed by atoms with Gasteiger partial charge in [0.1, 0.15) is 11.2 Å². The van der Waals surface area contributed by atoms with Crippen molar-refractivity contribution in [1.29, 1.82) is 0 Å². The highest BCUT2D eigenvalue weighted by Crippen LogP contribution is 2.40.